The van der Waals surface area contributed by atoms with Crippen LogP contribution in [0.5, 0.6) is 0 Å². The average Bonchev–Trinajstić information content (AvgIpc) is 3.48. The van der Waals surface area contributed by atoms with Crippen LogP contribution in [-0.4, -0.2) is 25.2 Å². The maximum atomic E-state index is 4.19. The zero-order chi connectivity index (χ0) is 21.8. The molecule has 0 fully saturated rings. The Morgan fingerprint density at radius 2 is 1.36 bits per heavy atom. The highest BCUT2D eigenvalue weighted by molar-refractivity contribution is 6.09. The van der Waals surface area contributed by atoms with E-state index in [1.54, 1.807) is 0 Å². The van der Waals surface area contributed by atoms with E-state index < -0.39 is 0 Å². The van der Waals surface area contributed by atoms with Gasteiger partial charge in [0, 0.05) is 21.9 Å². The van der Waals surface area contributed by atoms with Gasteiger partial charge < -0.3 is 4.57 Å². The van der Waals surface area contributed by atoms with Gasteiger partial charge in [0.2, 0.25) is 5.82 Å². The number of para-hydroxylation sites is 1. The summed E-state index contributed by atoms with van der Waals surface area (Å²) in [6, 6.07) is 33.1. The van der Waals surface area contributed by atoms with Gasteiger partial charge in [-0.1, -0.05) is 66.7 Å². The van der Waals surface area contributed by atoms with Gasteiger partial charge >= 0.3 is 0 Å². The number of aromatic nitrogens is 5. The van der Waals surface area contributed by atoms with Crippen LogP contribution >= 0.6 is 0 Å². The lowest BCUT2D eigenvalue weighted by molar-refractivity contribution is 0.723. The van der Waals surface area contributed by atoms with Gasteiger partial charge in [0.25, 0.3) is 0 Å². The van der Waals surface area contributed by atoms with Crippen LogP contribution in [0.1, 0.15) is 28.3 Å². The molecule has 5 heteroatoms. The topological polar surface area (TPSA) is 59.4 Å². The standard InChI is InChI=1S/C28H21N5/c1-3-9-21-18(7-1)13-14-19-8-2-4-10-22(19)27(21)33-25-12-6-5-11-23(25)24-17-20(15-16-26(24)33)28-29-31-32-30-28/h1-12,15-17,27H,13-14H2,(H,29,30,31,32). The lowest BCUT2D eigenvalue weighted by Gasteiger charge is -2.24. The van der Waals surface area contributed by atoms with Crippen molar-refractivity contribution in [2.45, 2.75) is 18.9 Å². The van der Waals surface area contributed by atoms with Crippen molar-refractivity contribution < 1.29 is 0 Å². The third-order valence-corrected chi connectivity index (χ3v) is 6.93. The van der Waals surface area contributed by atoms with Gasteiger partial charge in [-0.2, -0.15) is 5.21 Å². The van der Waals surface area contributed by atoms with Gasteiger partial charge in [-0.3, -0.25) is 0 Å². The van der Waals surface area contributed by atoms with E-state index in [2.05, 4.69) is 116 Å². The van der Waals surface area contributed by atoms with E-state index in [4.69, 9.17) is 0 Å². The van der Waals surface area contributed by atoms with Gasteiger partial charge in [-0.25, -0.2) is 0 Å². The summed E-state index contributed by atoms with van der Waals surface area (Å²) in [5, 5.41) is 17.1. The number of benzene rings is 4. The second kappa shape index (κ2) is 7.14. The average molecular weight is 428 g/mol. The van der Waals surface area contributed by atoms with E-state index >= 15 is 0 Å². The Hall–Kier alpha value is -4.25. The fourth-order valence-corrected chi connectivity index (χ4v) is 5.48. The van der Waals surface area contributed by atoms with E-state index in [1.165, 1.54) is 44.1 Å². The summed E-state index contributed by atoms with van der Waals surface area (Å²) in [4.78, 5) is 0. The van der Waals surface area contributed by atoms with Crippen LogP contribution in [0.3, 0.4) is 0 Å². The SMILES string of the molecule is c1ccc2c(c1)CCc1ccccc1C2n1c2ccccc2c2cc(-c3nn[nH]n3)ccc21. The van der Waals surface area contributed by atoms with E-state index in [9.17, 15) is 0 Å². The summed E-state index contributed by atoms with van der Waals surface area (Å²) in [7, 11) is 0. The minimum atomic E-state index is 0.110. The van der Waals surface area contributed by atoms with Crippen LogP contribution in [0.15, 0.2) is 91.0 Å². The van der Waals surface area contributed by atoms with Gasteiger partial charge in [-0.15, -0.1) is 10.2 Å². The van der Waals surface area contributed by atoms with Crippen molar-refractivity contribution >= 4 is 21.8 Å². The zero-order valence-corrected chi connectivity index (χ0v) is 17.9. The number of H-pyrrole nitrogens is 1. The van der Waals surface area contributed by atoms with Crippen LogP contribution in [0.2, 0.25) is 0 Å². The molecule has 1 aliphatic carbocycles. The van der Waals surface area contributed by atoms with E-state index in [1.807, 2.05) is 0 Å². The molecule has 0 unspecified atom stereocenters. The van der Waals surface area contributed by atoms with Crippen molar-refractivity contribution in [1.82, 2.24) is 25.2 Å². The number of fused-ring (bicyclic) bond motifs is 5. The number of nitrogens with zero attached hydrogens (tertiary/aromatic N) is 4. The summed E-state index contributed by atoms with van der Waals surface area (Å²) in [6.07, 6.45) is 2.12. The second-order valence-electron chi connectivity index (χ2n) is 8.65. The minimum Gasteiger partial charge on any atom is -0.329 e. The van der Waals surface area contributed by atoms with Crippen LogP contribution in [0.25, 0.3) is 33.2 Å². The van der Waals surface area contributed by atoms with Crippen molar-refractivity contribution in [3.63, 3.8) is 0 Å². The van der Waals surface area contributed by atoms with Crippen molar-refractivity contribution in [3.05, 3.63) is 113 Å². The summed E-state index contributed by atoms with van der Waals surface area (Å²) in [6.45, 7) is 0. The van der Waals surface area contributed by atoms with Crippen LogP contribution in [0.4, 0.5) is 0 Å². The Morgan fingerprint density at radius 1 is 0.697 bits per heavy atom. The normalized spacial score (nSPS) is 13.7. The molecule has 6 aromatic rings. The molecule has 0 saturated heterocycles. The Morgan fingerprint density at radius 3 is 2.09 bits per heavy atom. The molecule has 0 bridgehead atoms. The van der Waals surface area contributed by atoms with Crippen LogP contribution < -0.4 is 0 Å². The first-order valence-corrected chi connectivity index (χ1v) is 11.3. The summed E-state index contributed by atoms with van der Waals surface area (Å²) in [5.41, 5.74) is 9.01. The molecule has 0 amide bonds. The van der Waals surface area contributed by atoms with Crippen molar-refractivity contribution in [3.8, 4) is 11.4 Å². The molecule has 5 nitrogen and oxygen atoms in total. The Balaban J connectivity index is 1.59. The molecule has 4 aromatic carbocycles. The molecular weight excluding hydrogens is 406 g/mol. The number of hydrogen-bond acceptors (Lipinski definition) is 3. The third-order valence-electron chi connectivity index (χ3n) is 6.93. The molecule has 0 aliphatic heterocycles. The summed E-state index contributed by atoms with van der Waals surface area (Å²) in [5.74, 6) is 0.610. The number of tetrazole rings is 1. The zero-order valence-electron chi connectivity index (χ0n) is 17.9. The second-order valence-corrected chi connectivity index (χ2v) is 8.65. The minimum absolute atomic E-state index is 0.110. The quantitative estimate of drug-likeness (QED) is 0.385. The molecular formula is C28H21N5. The van der Waals surface area contributed by atoms with E-state index in [0.717, 1.165) is 18.4 Å². The highest BCUT2D eigenvalue weighted by Crippen LogP contribution is 2.42. The number of hydrogen-bond donors (Lipinski definition) is 1. The van der Waals surface area contributed by atoms with Gasteiger partial charge in [0.1, 0.15) is 0 Å². The first-order valence-electron chi connectivity index (χ1n) is 11.3. The lowest BCUT2D eigenvalue weighted by atomic mass is 9.94. The first-order chi connectivity index (χ1) is 16.4. The predicted octanol–water partition coefficient (Wildman–Crippen LogP) is 5.71. The van der Waals surface area contributed by atoms with Gasteiger partial charge in [0.05, 0.1) is 11.6 Å². The molecule has 7 rings (SSSR count). The fourth-order valence-electron chi connectivity index (χ4n) is 5.48. The van der Waals surface area contributed by atoms with Crippen LogP contribution in [-0.2, 0) is 12.8 Å². The highest BCUT2D eigenvalue weighted by atomic mass is 15.5. The molecule has 0 spiro atoms. The molecule has 1 N–H and O–H groups in total. The summed E-state index contributed by atoms with van der Waals surface area (Å²) < 4.78 is 2.52. The maximum absolute atomic E-state index is 4.19. The molecule has 0 atom stereocenters. The van der Waals surface area contributed by atoms with E-state index in [0.29, 0.717) is 5.82 Å². The van der Waals surface area contributed by atoms with Crippen molar-refractivity contribution in [2.75, 3.05) is 0 Å². The Kier molecular flexibility index (Phi) is 3.96. The van der Waals surface area contributed by atoms with Crippen molar-refractivity contribution in [1.29, 1.82) is 0 Å². The number of rotatable bonds is 2. The highest BCUT2D eigenvalue weighted by Gasteiger charge is 2.27. The Bertz CT molecular complexity index is 1580. The number of aryl methyl sites for hydroxylation is 2. The molecule has 0 radical (unpaired) electrons. The third kappa shape index (κ3) is 2.75. The smallest absolute Gasteiger partial charge is 0.204 e. The van der Waals surface area contributed by atoms with E-state index in [-0.39, 0.29) is 6.04 Å². The summed E-state index contributed by atoms with van der Waals surface area (Å²) >= 11 is 0. The monoisotopic (exact) mass is 427 g/mol. The molecule has 2 heterocycles. The number of aromatic amines is 1. The molecule has 158 valence electrons. The van der Waals surface area contributed by atoms with Gasteiger partial charge in [0.15, 0.2) is 0 Å². The maximum Gasteiger partial charge on any atom is 0.204 e. The molecule has 33 heavy (non-hydrogen) atoms. The molecule has 2 aromatic heterocycles. The lowest BCUT2D eigenvalue weighted by Crippen LogP contribution is -2.13. The predicted molar refractivity (Wildman–Crippen MR) is 130 cm³/mol. The molecule has 0 saturated carbocycles. The van der Waals surface area contributed by atoms with Gasteiger partial charge in [-0.05, 0) is 64.6 Å². The van der Waals surface area contributed by atoms with Crippen molar-refractivity contribution in [2.24, 2.45) is 0 Å². The first kappa shape index (κ1) is 18.3. The largest absolute Gasteiger partial charge is 0.329 e. The number of nitrogens with one attached hydrogen (secondary N) is 1. The van der Waals surface area contributed by atoms with Crippen LogP contribution in [0, 0.1) is 0 Å². The molecule has 1 aliphatic rings. The fraction of sp³-hybridized carbons (Fsp3) is 0.107. The Labute approximate surface area is 190 Å².